The van der Waals surface area contributed by atoms with E-state index in [0.29, 0.717) is 19.4 Å². The summed E-state index contributed by atoms with van der Waals surface area (Å²) in [5, 5.41) is 9.22. The van der Waals surface area contributed by atoms with Gasteiger partial charge < -0.3 is 10.0 Å². The van der Waals surface area contributed by atoms with Crippen LogP contribution in [0.4, 0.5) is 0 Å². The lowest BCUT2D eigenvalue weighted by molar-refractivity contribution is -0.149. The molecule has 1 heterocycles. The molecule has 0 spiro atoms. The molecule has 132 valence electrons. The Labute approximate surface area is 141 Å². The fraction of sp³-hybridized carbons (Fsp3) is 0.500. The van der Waals surface area contributed by atoms with Gasteiger partial charge in [0.15, 0.2) is 0 Å². The van der Waals surface area contributed by atoms with Crippen molar-refractivity contribution >= 4 is 21.9 Å². The van der Waals surface area contributed by atoms with Gasteiger partial charge in [0, 0.05) is 19.6 Å². The van der Waals surface area contributed by atoms with E-state index in [2.05, 4.69) is 0 Å². The van der Waals surface area contributed by atoms with Gasteiger partial charge in [-0.15, -0.1) is 0 Å². The summed E-state index contributed by atoms with van der Waals surface area (Å²) in [6, 6.07) is 7.45. The van der Waals surface area contributed by atoms with Crippen molar-refractivity contribution in [3.63, 3.8) is 0 Å². The average molecular weight is 354 g/mol. The summed E-state index contributed by atoms with van der Waals surface area (Å²) in [6.45, 7) is 1.83. The summed E-state index contributed by atoms with van der Waals surface area (Å²) < 4.78 is 25.9. The Kier molecular flexibility index (Phi) is 5.61. The highest BCUT2D eigenvalue weighted by molar-refractivity contribution is 7.89. The van der Waals surface area contributed by atoms with Crippen LogP contribution >= 0.6 is 0 Å². The molecule has 1 N–H and O–H groups in total. The van der Waals surface area contributed by atoms with Crippen LogP contribution in [0, 0.1) is 5.92 Å². The van der Waals surface area contributed by atoms with Gasteiger partial charge >= 0.3 is 5.97 Å². The maximum absolute atomic E-state index is 12.5. The highest BCUT2D eigenvalue weighted by Crippen LogP contribution is 2.24. The second-order valence-electron chi connectivity index (χ2n) is 5.99. The van der Waals surface area contributed by atoms with Crippen molar-refractivity contribution < 1.29 is 23.1 Å². The number of sulfonamides is 1. The summed E-state index contributed by atoms with van der Waals surface area (Å²) in [4.78, 5) is 25.3. The van der Waals surface area contributed by atoms with Crippen LogP contribution in [0.25, 0.3) is 0 Å². The standard InChI is InChI=1S/C16H22N2O5S/c1-12-14(16(20)21)9-6-10-18(12)15(19)11-17(2)24(22,23)13-7-4-3-5-8-13/h3-5,7-8,12,14H,6,9-11H2,1-2H3,(H,20,21)/t12-,14-/m1/s1. The van der Waals surface area contributed by atoms with Gasteiger partial charge in [-0.25, -0.2) is 8.42 Å². The molecule has 7 nitrogen and oxygen atoms in total. The fourth-order valence-electron chi connectivity index (χ4n) is 2.96. The van der Waals surface area contributed by atoms with Gasteiger partial charge in [0.1, 0.15) is 0 Å². The average Bonchev–Trinajstić information content (AvgIpc) is 2.55. The zero-order chi connectivity index (χ0) is 17.9. The quantitative estimate of drug-likeness (QED) is 0.852. The summed E-state index contributed by atoms with van der Waals surface area (Å²) in [7, 11) is -2.40. The first-order chi connectivity index (χ1) is 11.2. The minimum Gasteiger partial charge on any atom is -0.481 e. The number of carbonyl (C=O) groups excluding carboxylic acids is 1. The predicted octanol–water partition coefficient (Wildman–Crippen LogP) is 1.02. The number of hydrogen-bond donors (Lipinski definition) is 1. The normalized spacial score (nSPS) is 21.7. The third-order valence-electron chi connectivity index (χ3n) is 4.43. The van der Waals surface area contributed by atoms with Crippen molar-refractivity contribution in [2.45, 2.75) is 30.7 Å². The molecule has 0 bridgehead atoms. The minimum atomic E-state index is -3.75. The molecular weight excluding hydrogens is 332 g/mol. The Morgan fingerprint density at radius 1 is 1.29 bits per heavy atom. The highest BCUT2D eigenvalue weighted by atomic mass is 32.2. The molecule has 24 heavy (non-hydrogen) atoms. The van der Waals surface area contributed by atoms with Gasteiger partial charge in [-0.2, -0.15) is 4.31 Å². The number of rotatable bonds is 5. The van der Waals surface area contributed by atoms with E-state index in [-0.39, 0.29) is 17.3 Å². The second-order valence-corrected chi connectivity index (χ2v) is 8.03. The summed E-state index contributed by atoms with van der Waals surface area (Å²) in [5.41, 5.74) is 0. The van der Waals surface area contributed by atoms with Crippen LogP contribution in [0.15, 0.2) is 35.2 Å². The molecule has 1 aliphatic heterocycles. The first kappa shape index (κ1) is 18.4. The number of carbonyl (C=O) groups is 2. The number of nitrogens with zero attached hydrogens (tertiary/aromatic N) is 2. The van der Waals surface area contributed by atoms with Crippen LogP contribution in [0.3, 0.4) is 0 Å². The molecule has 1 aliphatic rings. The topological polar surface area (TPSA) is 95.0 Å². The number of benzene rings is 1. The number of hydrogen-bond acceptors (Lipinski definition) is 4. The van der Waals surface area contributed by atoms with E-state index in [1.807, 2.05) is 0 Å². The maximum Gasteiger partial charge on any atom is 0.308 e. The van der Waals surface area contributed by atoms with Crippen LogP contribution in [0.2, 0.25) is 0 Å². The number of carboxylic acids is 1. The highest BCUT2D eigenvalue weighted by Gasteiger charge is 2.36. The molecule has 1 amide bonds. The minimum absolute atomic E-state index is 0.121. The van der Waals surface area contributed by atoms with Gasteiger partial charge in [-0.1, -0.05) is 18.2 Å². The summed E-state index contributed by atoms with van der Waals surface area (Å²) in [6.07, 6.45) is 1.13. The van der Waals surface area contributed by atoms with Crippen LogP contribution < -0.4 is 0 Å². The molecule has 1 saturated heterocycles. The second kappa shape index (κ2) is 7.31. The van der Waals surface area contributed by atoms with E-state index in [4.69, 9.17) is 0 Å². The van der Waals surface area contributed by atoms with Crippen molar-refractivity contribution in [2.75, 3.05) is 20.1 Å². The van der Waals surface area contributed by atoms with Crippen molar-refractivity contribution in [3.8, 4) is 0 Å². The molecule has 1 fully saturated rings. The van der Waals surface area contributed by atoms with Gasteiger partial charge in [-0.3, -0.25) is 9.59 Å². The zero-order valence-corrected chi connectivity index (χ0v) is 14.6. The third kappa shape index (κ3) is 3.76. The van der Waals surface area contributed by atoms with E-state index in [9.17, 15) is 23.1 Å². The first-order valence-electron chi connectivity index (χ1n) is 7.79. The van der Waals surface area contributed by atoms with Gasteiger partial charge in [0.25, 0.3) is 0 Å². The molecule has 8 heteroatoms. The Morgan fingerprint density at radius 3 is 2.50 bits per heavy atom. The molecule has 0 radical (unpaired) electrons. The van der Waals surface area contributed by atoms with Crippen molar-refractivity contribution in [2.24, 2.45) is 5.92 Å². The number of piperidine rings is 1. The van der Waals surface area contributed by atoms with Gasteiger partial charge in [-0.05, 0) is 31.9 Å². The molecule has 2 atom stereocenters. The predicted molar refractivity (Wildman–Crippen MR) is 87.8 cm³/mol. The van der Waals surface area contributed by atoms with Gasteiger partial charge in [0.2, 0.25) is 15.9 Å². The first-order valence-corrected chi connectivity index (χ1v) is 9.23. The third-order valence-corrected chi connectivity index (χ3v) is 6.25. The van der Waals surface area contributed by atoms with E-state index in [1.54, 1.807) is 25.1 Å². The van der Waals surface area contributed by atoms with Crippen LogP contribution in [-0.4, -0.2) is 60.8 Å². The molecule has 0 aliphatic carbocycles. The van der Waals surface area contributed by atoms with E-state index < -0.39 is 28.0 Å². The maximum atomic E-state index is 12.5. The molecule has 1 aromatic rings. The van der Waals surface area contributed by atoms with Crippen molar-refractivity contribution in [1.29, 1.82) is 0 Å². The summed E-state index contributed by atoms with van der Waals surface area (Å²) >= 11 is 0. The lowest BCUT2D eigenvalue weighted by Crippen LogP contribution is -2.52. The number of aliphatic carboxylic acids is 1. The Balaban J connectivity index is 2.10. The molecule has 1 aromatic carbocycles. The zero-order valence-electron chi connectivity index (χ0n) is 13.8. The summed E-state index contributed by atoms with van der Waals surface area (Å²) in [5.74, 6) is -1.92. The Bertz CT molecular complexity index is 704. The number of carboxylic acid groups (broad SMARTS) is 1. The number of amides is 1. The van der Waals surface area contributed by atoms with Gasteiger partial charge in [0.05, 0.1) is 17.4 Å². The molecule has 0 saturated carbocycles. The van der Waals surface area contributed by atoms with Crippen LogP contribution in [0.5, 0.6) is 0 Å². The van der Waals surface area contributed by atoms with Crippen LogP contribution in [0.1, 0.15) is 19.8 Å². The molecule has 0 aromatic heterocycles. The van der Waals surface area contributed by atoms with Crippen molar-refractivity contribution in [1.82, 2.24) is 9.21 Å². The lowest BCUT2D eigenvalue weighted by atomic mass is 9.90. The van der Waals surface area contributed by atoms with E-state index in [1.165, 1.54) is 24.1 Å². The lowest BCUT2D eigenvalue weighted by Gasteiger charge is -2.38. The molecule has 0 unspecified atom stereocenters. The van der Waals surface area contributed by atoms with Crippen molar-refractivity contribution in [3.05, 3.63) is 30.3 Å². The van der Waals surface area contributed by atoms with E-state index >= 15 is 0 Å². The van der Waals surface area contributed by atoms with E-state index in [0.717, 1.165) is 4.31 Å². The monoisotopic (exact) mass is 354 g/mol. The van der Waals surface area contributed by atoms with Crippen LogP contribution in [-0.2, 0) is 19.6 Å². The molecular formula is C16H22N2O5S. The Hall–Kier alpha value is -1.93. The SMILES string of the molecule is C[C@@H]1[C@H](C(=O)O)CCCN1C(=O)CN(C)S(=O)(=O)c1ccccc1. The largest absolute Gasteiger partial charge is 0.481 e. The molecule has 2 rings (SSSR count). The Morgan fingerprint density at radius 2 is 1.92 bits per heavy atom. The number of likely N-dealkylation sites (tertiary alicyclic amines) is 1. The number of likely N-dealkylation sites (N-methyl/N-ethyl adjacent to an activating group) is 1. The fourth-order valence-corrected chi connectivity index (χ4v) is 4.11. The smallest absolute Gasteiger partial charge is 0.308 e.